The summed E-state index contributed by atoms with van der Waals surface area (Å²) in [6, 6.07) is 0. The molecule has 0 fully saturated rings. The van der Waals surface area contributed by atoms with Crippen LogP contribution in [0, 0.1) is 5.92 Å². The van der Waals surface area contributed by atoms with Gasteiger partial charge in [0.1, 0.15) is 0 Å². The summed E-state index contributed by atoms with van der Waals surface area (Å²) >= 11 is 1.96. The van der Waals surface area contributed by atoms with Gasteiger partial charge in [-0.2, -0.15) is 0 Å². The molecule has 0 bridgehead atoms. The monoisotopic (exact) mass is 164 g/mol. The normalized spacial score (nSPS) is 33.7. The molecule has 11 heavy (non-hydrogen) atoms. The molecule has 58 valence electrons. The van der Waals surface area contributed by atoms with Crippen LogP contribution in [0.2, 0.25) is 0 Å². The van der Waals surface area contributed by atoms with E-state index in [2.05, 4.69) is 36.6 Å². The minimum atomic E-state index is 0.704. The van der Waals surface area contributed by atoms with E-state index in [9.17, 15) is 0 Å². The van der Waals surface area contributed by atoms with E-state index in [1.54, 1.807) is 5.57 Å². The highest BCUT2D eigenvalue weighted by Crippen LogP contribution is 2.40. The van der Waals surface area contributed by atoms with Gasteiger partial charge in [-0.25, -0.2) is 0 Å². The maximum Gasteiger partial charge on any atom is 0.0372 e. The Bertz CT molecular complexity index is 235. The predicted octanol–water partition coefficient (Wildman–Crippen LogP) is 3.14. The van der Waals surface area contributed by atoms with Crippen LogP contribution in [-0.4, -0.2) is 5.25 Å². The fourth-order valence-corrected chi connectivity index (χ4v) is 2.89. The van der Waals surface area contributed by atoms with Gasteiger partial charge in [0, 0.05) is 11.2 Å². The molecule has 2 aliphatic rings. The van der Waals surface area contributed by atoms with Crippen LogP contribution in [0.4, 0.5) is 0 Å². The summed E-state index contributed by atoms with van der Waals surface area (Å²) in [6.45, 7) is 2.24. The Hall–Kier alpha value is -0.430. The Balaban J connectivity index is 2.20. The van der Waals surface area contributed by atoms with Crippen LogP contribution in [0.25, 0.3) is 0 Å². The Labute approximate surface area is 72.1 Å². The second-order valence-corrected chi connectivity index (χ2v) is 3.99. The lowest BCUT2D eigenvalue weighted by atomic mass is 9.92. The lowest BCUT2D eigenvalue weighted by Gasteiger charge is -2.16. The highest BCUT2D eigenvalue weighted by Gasteiger charge is 2.26. The molecule has 2 rings (SSSR count). The first-order chi connectivity index (χ1) is 5.42. The van der Waals surface area contributed by atoms with Gasteiger partial charge >= 0.3 is 0 Å². The predicted molar refractivity (Wildman–Crippen MR) is 51.5 cm³/mol. The van der Waals surface area contributed by atoms with Crippen LogP contribution in [-0.2, 0) is 0 Å². The minimum Gasteiger partial charge on any atom is -0.126 e. The second kappa shape index (κ2) is 2.90. The van der Waals surface area contributed by atoms with Gasteiger partial charge in [0.05, 0.1) is 0 Å². The Kier molecular flexibility index (Phi) is 1.91. The lowest BCUT2D eigenvalue weighted by Crippen LogP contribution is -2.11. The molecule has 0 aromatic carbocycles. The van der Waals surface area contributed by atoms with Gasteiger partial charge in [-0.15, -0.1) is 11.8 Å². The van der Waals surface area contributed by atoms with E-state index in [-0.39, 0.29) is 0 Å². The zero-order valence-electron chi connectivity index (χ0n) is 6.66. The molecule has 1 heterocycles. The van der Waals surface area contributed by atoms with Gasteiger partial charge in [-0.05, 0) is 11.8 Å². The Morgan fingerprint density at radius 3 is 3.00 bits per heavy atom. The molecule has 0 aromatic rings. The molecule has 0 saturated carbocycles. The van der Waals surface area contributed by atoms with Crippen molar-refractivity contribution in [3.63, 3.8) is 0 Å². The van der Waals surface area contributed by atoms with E-state index in [0.29, 0.717) is 11.2 Å². The first kappa shape index (κ1) is 7.23. The summed E-state index contributed by atoms with van der Waals surface area (Å²) in [5.41, 5.74) is 1.60. The molecule has 1 heteroatoms. The van der Waals surface area contributed by atoms with Crippen molar-refractivity contribution >= 4 is 11.8 Å². The third-order valence-electron chi connectivity index (χ3n) is 2.30. The van der Waals surface area contributed by atoms with E-state index in [1.807, 2.05) is 11.8 Å². The summed E-state index contributed by atoms with van der Waals surface area (Å²) in [5.74, 6) is 0.704. The molecular formula is C10H12S. The molecule has 0 spiro atoms. The van der Waals surface area contributed by atoms with Crippen LogP contribution >= 0.6 is 11.8 Å². The van der Waals surface area contributed by atoms with Crippen molar-refractivity contribution in [2.24, 2.45) is 5.92 Å². The largest absolute Gasteiger partial charge is 0.126 e. The highest BCUT2D eigenvalue weighted by atomic mass is 32.2. The average molecular weight is 164 g/mol. The van der Waals surface area contributed by atoms with Gasteiger partial charge in [-0.3, -0.25) is 0 Å². The molecule has 1 aliphatic carbocycles. The molecule has 0 nitrogen and oxygen atoms in total. The fraction of sp³-hybridized carbons (Fsp3) is 0.400. The topological polar surface area (TPSA) is 0 Å². The quantitative estimate of drug-likeness (QED) is 0.573. The number of hydrogen-bond donors (Lipinski definition) is 0. The third-order valence-corrected chi connectivity index (χ3v) is 3.50. The first-order valence-electron chi connectivity index (χ1n) is 4.11. The molecule has 0 saturated heterocycles. The molecule has 1 aliphatic heterocycles. The van der Waals surface area contributed by atoms with Crippen molar-refractivity contribution in [2.75, 3.05) is 0 Å². The van der Waals surface area contributed by atoms with E-state index in [4.69, 9.17) is 0 Å². The summed E-state index contributed by atoms with van der Waals surface area (Å²) in [4.78, 5) is 0. The van der Waals surface area contributed by atoms with Crippen molar-refractivity contribution < 1.29 is 0 Å². The average Bonchev–Trinajstić information content (AvgIpc) is 2.47. The minimum absolute atomic E-state index is 0.704. The molecule has 0 amide bonds. The van der Waals surface area contributed by atoms with Crippen molar-refractivity contribution in [3.8, 4) is 0 Å². The van der Waals surface area contributed by atoms with Gasteiger partial charge < -0.3 is 0 Å². The zero-order chi connectivity index (χ0) is 7.68. The van der Waals surface area contributed by atoms with E-state index >= 15 is 0 Å². The maximum atomic E-state index is 2.33. The van der Waals surface area contributed by atoms with Crippen LogP contribution in [0.3, 0.4) is 0 Å². The number of hydrogen-bond acceptors (Lipinski definition) is 1. The lowest BCUT2D eigenvalue weighted by molar-refractivity contribution is 0.764. The molecule has 2 unspecified atom stereocenters. The fourth-order valence-electron chi connectivity index (χ4n) is 1.61. The standard InChI is InChI=1S/C10H12S/c1-2-8-7-11-10-6-4-3-5-9(8)10/h3-7,9-10H,2H2,1H3. The van der Waals surface area contributed by atoms with Gasteiger partial charge in [-0.1, -0.05) is 36.8 Å². The number of rotatable bonds is 1. The molecule has 0 radical (unpaired) electrons. The Morgan fingerprint density at radius 1 is 1.36 bits per heavy atom. The van der Waals surface area contributed by atoms with Gasteiger partial charge in [0.2, 0.25) is 0 Å². The Morgan fingerprint density at radius 2 is 2.18 bits per heavy atom. The third kappa shape index (κ3) is 1.18. The summed E-state index contributed by atoms with van der Waals surface area (Å²) in [5, 5.41) is 3.03. The first-order valence-corrected chi connectivity index (χ1v) is 5.05. The SMILES string of the molecule is CCC1=CSC2C=CC=CC12. The van der Waals surface area contributed by atoms with Crippen molar-refractivity contribution in [3.05, 3.63) is 35.3 Å². The van der Waals surface area contributed by atoms with Gasteiger partial charge in [0.25, 0.3) is 0 Å². The smallest absolute Gasteiger partial charge is 0.0372 e. The van der Waals surface area contributed by atoms with Crippen molar-refractivity contribution in [1.82, 2.24) is 0 Å². The molecular weight excluding hydrogens is 152 g/mol. The van der Waals surface area contributed by atoms with Gasteiger partial charge in [0.15, 0.2) is 0 Å². The number of allylic oxidation sites excluding steroid dienone is 4. The van der Waals surface area contributed by atoms with Crippen molar-refractivity contribution in [1.29, 1.82) is 0 Å². The highest BCUT2D eigenvalue weighted by molar-refractivity contribution is 8.03. The molecule has 0 N–H and O–H groups in total. The van der Waals surface area contributed by atoms with E-state index in [1.165, 1.54) is 6.42 Å². The maximum absolute atomic E-state index is 2.33. The van der Waals surface area contributed by atoms with E-state index in [0.717, 1.165) is 0 Å². The molecule has 0 aromatic heterocycles. The number of fused-ring (bicyclic) bond motifs is 1. The zero-order valence-corrected chi connectivity index (χ0v) is 7.47. The van der Waals surface area contributed by atoms with Crippen molar-refractivity contribution in [2.45, 2.75) is 18.6 Å². The van der Waals surface area contributed by atoms with Crippen LogP contribution < -0.4 is 0 Å². The summed E-state index contributed by atoms with van der Waals surface area (Å²) in [6.07, 6.45) is 10.1. The van der Waals surface area contributed by atoms with E-state index < -0.39 is 0 Å². The number of thioether (sulfide) groups is 1. The summed E-state index contributed by atoms with van der Waals surface area (Å²) in [7, 11) is 0. The van der Waals surface area contributed by atoms with Crippen LogP contribution in [0.15, 0.2) is 35.3 Å². The molecule has 2 atom stereocenters. The second-order valence-electron chi connectivity index (χ2n) is 2.94. The summed E-state index contributed by atoms with van der Waals surface area (Å²) < 4.78 is 0. The van der Waals surface area contributed by atoms with Crippen LogP contribution in [0.5, 0.6) is 0 Å². The van der Waals surface area contributed by atoms with Crippen LogP contribution in [0.1, 0.15) is 13.3 Å².